The van der Waals surface area contributed by atoms with E-state index in [4.69, 9.17) is 9.15 Å². The number of sulfonamides is 1. The summed E-state index contributed by atoms with van der Waals surface area (Å²) in [5.41, 5.74) is 1.63. The molecular formula is C19H20N2O4S. The van der Waals surface area contributed by atoms with Crippen molar-refractivity contribution in [2.75, 3.05) is 6.61 Å². The first-order valence-electron chi connectivity index (χ1n) is 8.24. The fourth-order valence-electron chi connectivity index (χ4n) is 2.51. The lowest BCUT2D eigenvalue weighted by Gasteiger charge is -2.06. The second-order valence-electron chi connectivity index (χ2n) is 5.61. The molecule has 0 saturated heterocycles. The maximum Gasteiger partial charge on any atom is 0.241 e. The summed E-state index contributed by atoms with van der Waals surface area (Å²) >= 11 is 0. The number of nitrogens with zero attached hydrogens (tertiary/aromatic N) is 1. The molecule has 0 amide bonds. The molecule has 3 aromatic rings. The Balaban J connectivity index is 1.72. The molecule has 26 heavy (non-hydrogen) atoms. The third-order valence-electron chi connectivity index (χ3n) is 3.75. The average molecular weight is 372 g/mol. The van der Waals surface area contributed by atoms with E-state index in [0.717, 1.165) is 5.56 Å². The standard InChI is InChI=1S/C19H20N2O4S/c1-3-24-16-9-11-17(12-10-16)26(22,23)20-13-18-21-19(14(2)25-18)15-7-5-4-6-8-15/h4-12,20H,3,13H2,1-2H3. The number of benzene rings is 2. The van der Waals surface area contributed by atoms with E-state index in [1.165, 1.54) is 12.1 Å². The highest BCUT2D eigenvalue weighted by atomic mass is 32.2. The number of ether oxygens (including phenoxy) is 1. The minimum atomic E-state index is -3.66. The van der Waals surface area contributed by atoms with E-state index in [1.807, 2.05) is 37.3 Å². The summed E-state index contributed by atoms with van der Waals surface area (Å²) in [7, 11) is -3.66. The summed E-state index contributed by atoms with van der Waals surface area (Å²) < 4.78 is 38.3. The van der Waals surface area contributed by atoms with Gasteiger partial charge >= 0.3 is 0 Å². The predicted octanol–water partition coefficient (Wildman–Crippen LogP) is 3.53. The summed E-state index contributed by atoms with van der Waals surface area (Å²) in [4.78, 5) is 4.56. The van der Waals surface area contributed by atoms with Gasteiger partial charge in [0.1, 0.15) is 17.2 Å². The zero-order valence-electron chi connectivity index (χ0n) is 14.6. The Hall–Kier alpha value is -2.64. The Morgan fingerprint density at radius 1 is 1.08 bits per heavy atom. The molecular weight excluding hydrogens is 352 g/mol. The van der Waals surface area contributed by atoms with E-state index in [-0.39, 0.29) is 11.4 Å². The van der Waals surface area contributed by atoms with Crippen molar-refractivity contribution in [3.63, 3.8) is 0 Å². The van der Waals surface area contributed by atoms with Gasteiger partial charge in [-0.1, -0.05) is 30.3 Å². The van der Waals surface area contributed by atoms with Crippen LogP contribution in [0.25, 0.3) is 11.3 Å². The number of hydrogen-bond donors (Lipinski definition) is 1. The minimum absolute atomic E-state index is 0.0246. The molecule has 0 bridgehead atoms. The van der Waals surface area contributed by atoms with Gasteiger partial charge in [0.2, 0.25) is 15.9 Å². The van der Waals surface area contributed by atoms with Crippen molar-refractivity contribution < 1.29 is 17.6 Å². The maximum atomic E-state index is 12.4. The second-order valence-corrected chi connectivity index (χ2v) is 7.37. The number of rotatable bonds is 7. The lowest BCUT2D eigenvalue weighted by atomic mass is 10.1. The van der Waals surface area contributed by atoms with Crippen molar-refractivity contribution in [3.8, 4) is 17.0 Å². The summed E-state index contributed by atoms with van der Waals surface area (Å²) in [5.74, 6) is 1.59. The molecule has 0 unspecified atom stereocenters. The van der Waals surface area contributed by atoms with Crippen LogP contribution in [-0.2, 0) is 16.6 Å². The summed E-state index contributed by atoms with van der Waals surface area (Å²) in [5, 5.41) is 0. The molecule has 0 fully saturated rings. The van der Waals surface area contributed by atoms with Crippen LogP contribution in [0.15, 0.2) is 63.9 Å². The molecule has 1 aromatic heterocycles. The van der Waals surface area contributed by atoms with Crippen LogP contribution in [0, 0.1) is 6.92 Å². The molecule has 1 N–H and O–H groups in total. The largest absolute Gasteiger partial charge is 0.494 e. The monoisotopic (exact) mass is 372 g/mol. The molecule has 3 rings (SSSR count). The van der Waals surface area contributed by atoms with Crippen molar-refractivity contribution in [1.29, 1.82) is 0 Å². The Morgan fingerprint density at radius 2 is 1.77 bits per heavy atom. The average Bonchev–Trinajstić information content (AvgIpc) is 3.02. The van der Waals surface area contributed by atoms with Gasteiger partial charge in [0.25, 0.3) is 0 Å². The first-order chi connectivity index (χ1) is 12.5. The van der Waals surface area contributed by atoms with Crippen LogP contribution >= 0.6 is 0 Å². The smallest absolute Gasteiger partial charge is 0.241 e. The van der Waals surface area contributed by atoms with Crippen molar-refractivity contribution in [3.05, 3.63) is 66.2 Å². The van der Waals surface area contributed by atoms with Gasteiger partial charge in [-0.3, -0.25) is 0 Å². The van der Waals surface area contributed by atoms with E-state index in [9.17, 15) is 8.42 Å². The molecule has 0 aliphatic heterocycles. The van der Waals surface area contributed by atoms with Crippen LogP contribution in [-0.4, -0.2) is 20.0 Å². The third kappa shape index (κ3) is 4.12. The highest BCUT2D eigenvalue weighted by Gasteiger charge is 2.17. The van der Waals surface area contributed by atoms with Gasteiger partial charge in [0.15, 0.2) is 0 Å². The van der Waals surface area contributed by atoms with Gasteiger partial charge < -0.3 is 9.15 Å². The van der Waals surface area contributed by atoms with Gasteiger partial charge in [0, 0.05) is 5.56 Å². The number of aryl methyl sites for hydroxylation is 1. The van der Waals surface area contributed by atoms with Crippen LogP contribution in [0.1, 0.15) is 18.6 Å². The fourth-order valence-corrected chi connectivity index (χ4v) is 3.49. The highest BCUT2D eigenvalue weighted by Crippen LogP contribution is 2.23. The van der Waals surface area contributed by atoms with Crippen LogP contribution in [0.5, 0.6) is 5.75 Å². The van der Waals surface area contributed by atoms with Crippen molar-refractivity contribution >= 4 is 10.0 Å². The number of nitrogens with one attached hydrogen (secondary N) is 1. The third-order valence-corrected chi connectivity index (χ3v) is 5.16. The molecule has 136 valence electrons. The minimum Gasteiger partial charge on any atom is -0.494 e. The molecule has 0 aliphatic carbocycles. The zero-order chi connectivity index (χ0) is 18.6. The molecule has 0 spiro atoms. The van der Waals surface area contributed by atoms with Gasteiger partial charge in [-0.2, -0.15) is 0 Å². The molecule has 7 heteroatoms. The Kier molecular flexibility index (Phi) is 5.39. The van der Waals surface area contributed by atoms with Crippen LogP contribution < -0.4 is 9.46 Å². The maximum absolute atomic E-state index is 12.4. The van der Waals surface area contributed by atoms with E-state index in [1.54, 1.807) is 19.1 Å². The van der Waals surface area contributed by atoms with Crippen molar-refractivity contribution in [1.82, 2.24) is 9.71 Å². The van der Waals surface area contributed by atoms with E-state index in [0.29, 0.717) is 29.7 Å². The van der Waals surface area contributed by atoms with Crippen LogP contribution in [0.2, 0.25) is 0 Å². The highest BCUT2D eigenvalue weighted by molar-refractivity contribution is 7.89. The summed E-state index contributed by atoms with van der Waals surface area (Å²) in [6, 6.07) is 15.9. The van der Waals surface area contributed by atoms with Crippen LogP contribution in [0.3, 0.4) is 0 Å². The first kappa shape index (κ1) is 18.2. The molecule has 0 aliphatic rings. The predicted molar refractivity (Wildman–Crippen MR) is 98.3 cm³/mol. The molecule has 1 heterocycles. The van der Waals surface area contributed by atoms with E-state index < -0.39 is 10.0 Å². The molecule has 2 aromatic carbocycles. The summed E-state index contributed by atoms with van der Waals surface area (Å²) in [6.45, 7) is 4.18. The van der Waals surface area contributed by atoms with E-state index >= 15 is 0 Å². The van der Waals surface area contributed by atoms with Gasteiger partial charge in [-0.25, -0.2) is 18.1 Å². The topological polar surface area (TPSA) is 81.4 Å². The van der Waals surface area contributed by atoms with Gasteiger partial charge in [0.05, 0.1) is 18.0 Å². The summed E-state index contributed by atoms with van der Waals surface area (Å²) in [6.07, 6.45) is 0. The Labute approximate surface area is 152 Å². The lowest BCUT2D eigenvalue weighted by molar-refractivity contribution is 0.340. The van der Waals surface area contributed by atoms with Crippen LogP contribution in [0.4, 0.5) is 0 Å². The molecule has 0 atom stereocenters. The quantitative estimate of drug-likeness (QED) is 0.686. The Morgan fingerprint density at radius 3 is 2.42 bits per heavy atom. The van der Waals surface area contributed by atoms with Crippen molar-refractivity contribution in [2.45, 2.75) is 25.3 Å². The lowest BCUT2D eigenvalue weighted by Crippen LogP contribution is -2.23. The molecule has 6 nitrogen and oxygen atoms in total. The number of hydrogen-bond acceptors (Lipinski definition) is 5. The van der Waals surface area contributed by atoms with Crippen molar-refractivity contribution in [2.24, 2.45) is 0 Å². The Bertz CT molecular complexity index is 965. The molecule has 0 saturated carbocycles. The number of oxazole rings is 1. The van der Waals surface area contributed by atoms with Gasteiger partial charge in [-0.15, -0.1) is 0 Å². The van der Waals surface area contributed by atoms with Gasteiger partial charge in [-0.05, 0) is 38.1 Å². The zero-order valence-corrected chi connectivity index (χ0v) is 15.4. The normalized spacial score (nSPS) is 11.5. The first-order valence-corrected chi connectivity index (χ1v) is 9.72. The molecule has 0 radical (unpaired) electrons. The van der Waals surface area contributed by atoms with E-state index in [2.05, 4.69) is 9.71 Å². The fraction of sp³-hybridized carbons (Fsp3) is 0.211. The number of aromatic nitrogens is 1. The second kappa shape index (κ2) is 7.72. The SMILES string of the molecule is CCOc1ccc(S(=O)(=O)NCc2nc(-c3ccccc3)c(C)o2)cc1.